The summed E-state index contributed by atoms with van der Waals surface area (Å²) in [7, 11) is 0. The van der Waals surface area contributed by atoms with Crippen molar-refractivity contribution in [2.24, 2.45) is 0 Å². The predicted molar refractivity (Wildman–Crippen MR) is 73.8 cm³/mol. The van der Waals surface area contributed by atoms with Crippen LogP contribution >= 0.6 is 0 Å². The van der Waals surface area contributed by atoms with Crippen LogP contribution in [0.15, 0.2) is 54.6 Å². The molecule has 0 spiro atoms. The summed E-state index contributed by atoms with van der Waals surface area (Å²) in [6.07, 6.45) is 1.07. The smallest absolute Gasteiger partial charge is 0.0773 e. The van der Waals surface area contributed by atoms with Crippen molar-refractivity contribution in [1.29, 1.82) is 0 Å². The molecule has 0 fully saturated rings. The number of aliphatic hydroxyl groups is 1. The molecule has 2 aromatic rings. The first-order valence-electron chi connectivity index (χ1n) is 6.40. The monoisotopic (exact) mass is 239 g/mol. The van der Waals surface area contributed by atoms with Crippen LogP contribution in [0, 0.1) is 0 Å². The molecule has 1 aliphatic heterocycles. The van der Waals surface area contributed by atoms with Crippen LogP contribution in [0.5, 0.6) is 0 Å². The van der Waals surface area contributed by atoms with Crippen molar-refractivity contribution in [2.75, 3.05) is 18.1 Å². The van der Waals surface area contributed by atoms with E-state index >= 15 is 0 Å². The molecule has 1 aliphatic rings. The van der Waals surface area contributed by atoms with E-state index in [1.807, 2.05) is 18.2 Å². The van der Waals surface area contributed by atoms with Gasteiger partial charge in [-0.05, 0) is 23.6 Å². The third-order valence-corrected chi connectivity index (χ3v) is 3.66. The lowest BCUT2D eigenvalue weighted by molar-refractivity contribution is 0.262. The van der Waals surface area contributed by atoms with E-state index in [-0.39, 0.29) is 12.6 Å². The molecule has 0 aliphatic carbocycles. The zero-order chi connectivity index (χ0) is 12.4. The normalized spacial score (nSPS) is 15.5. The Hall–Kier alpha value is -1.80. The second kappa shape index (κ2) is 4.83. The second-order valence-corrected chi connectivity index (χ2v) is 4.68. The average Bonchev–Trinajstić information content (AvgIpc) is 2.85. The first-order chi connectivity index (χ1) is 8.90. The molecule has 2 nitrogen and oxygen atoms in total. The van der Waals surface area contributed by atoms with E-state index in [4.69, 9.17) is 0 Å². The molecule has 1 heterocycles. The Morgan fingerprint density at radius 3 is 2.50 bits per heavy atom. The highest BCUT2D eigenvalue weighted by Crippen LogP contribution is 2.34. The molecule has 92 valence electrons. The van der Waals surface area contributed by atoms with Crippen LogP contribution in [0.25, 0.3) is 0 Å². The lowest BCUT2D eigenvalue weighted by Gasteiger charge is -2.29. The van der Waals surface area contributed by atoms with Gasteiger partial charge in [-0.15, -0.1) is 0 Å². The van der Waals surface area contributed by atoms with Crippen molar-refractivity contribution in [2.45, 2.75) is 12.5 Å². The van der Waals surface area contributed by atoms with Crippen LogP contribution in [0.2, 0.25) is 0 Å². The first-order valence-corrected chi connectivity index (χ1v) is 6.40. The van der Waals surface area contributed by atoms with Crippen molar-refractivity contribution in [3.05, 3.63) is 65.7 Å². The molecule has 0 saturated heterocycles. The van der Waals surface area contributed by atoms with Gasteiger partial charge in [0.15, 0.2) is 0 Å². The van der Waals surface area contributed by atoms with Gasteiger partial charge in [0.05, 0.1) is 12.6 Å². The van der Waals surface area contributed by atoms with Crippen molar-refractivity contribution >= 4 is 5.69 Å². The van der Waals surface area contributed by atoms with E-state index in [1.165, 1.54) is 16.8 Å². The van der Waals surface area contributed by atoms with Gasteiger partial charge in [-0.1, -0.05) is 48.5 Å². The molecular formula is C16H17NO. The Bertz CT molecular complexity index is 524. The van der Waals surface area contributed by atoms with Gasteiger partial charge in [-0.2, -0.15) is 0 Å². The number of hydrogen-bond acceptors (Lipinski definition) is 2. The number of benzene rings is 2. The highest BCUT2D eigenvalue weighted by molar-refractivity contribution is 5.59. The second-order valence-electron chi connectivity index (χ2n) is 4.68. The Morgan fingerprint density at radius 2 is 1.72 bits per heavy atom. The highest BCUT2D eigenvalue weighted by atomic mass is 16.3. The maximum atomic E-state index is 9.72. The molecule has 1 atom stereocenters. The van der Waals surface area contributed by atoms with Crippen LogP contribution in [-0.2, 0) is 6.42 Å². The third kappa shape index (κ3) is 1.89. The average molecular weight is 239 g/mol. The SMILES string of the molecule is OCC(c1ccccc1)N1CCc2ccccc21. The third-order valence-electron chi connectivity index (χ3n) is 3.66. The van der Waals surface area contributed by atoms with Crippen molar-refractivity contribution < 1.29 is 5.11 Å². The fraction of sp³-hybridized carbons (Fsp3) is 0.250. The lowest BCUT2D eigenvalue weighted by Crippen LogP contribution is -2.29. The molecule has 0 bridgehead atoms. The quantitative estimate of drug-likeness (QED) is 0.890. The van der Waals surface area contributed by atoms with Gasteiger partial charge >= 0.3 is 0 Å². The molecule has 0 aromatic heterocycles. The van der Waals surface area contributed by atoms with Crippen LogP contribution in [0.3, 0.4) is 0 Å². The number of nitrogens with zero attached hydrogens (tertiary/aromatic N) is 1. The van der Waals surface area contributed by atoms with Crippen molar-refractivity contribution in [3.63, 3.8) is 0 Å². The zero-order valence-electron chi connectivity index (χ0n) is 10.3. The number of rotatable bonds is 3. The number of aliphatic hydroxyl groups excluding tert-OH is 1. The van der Waals surface area contributed by atoms with E-state index < -0.39 is 0 Å². The standard InChI is InChI=1S/C16H17NO/c18-12-16(13-6-2-1-3-7-13)17-11-10-14-8-4-5-9-15(14)17/h1-9,16,18H,10-12H2. The van der Waals surface area contributed by atoms with Gasteiger partial charge in [0, 0.05) is 12.2 Å². The molecule has 2 heteroatoms. The minimum Gasteiger partial charge on any atom is -0.394 e. The first kappa shape index (κ1) is 11.3. The molecule has 18 heavy (non-hydrogen) atoms. The van der Waals surface area contributed by atoms with Crippen LogP contribution in [0.4, 0.5) is 5.69 Å². The summed E-state index contributed by atoms with van der Waals surface area (Å²) in [6, 6.07) is 18.8. The van der Waals surface area contributed by atoms with Gasteiger partial charge in [0.1, 0.15) is 0 Å². The highest BCUT2D eigenvalue weighted by Gasteiger charge is 2.26. The minimum atomic E-state index is 0.0647. The van der Waals surface area contributed by atoms with E-state index in [0.717, 1.165) is 13.0 Å². The molecule has 1 unspecified atom stereocenters. The van der Waals surface area contributed by atoms with Gasteiger partial charge in [0.2, 0.25) is 0 Å². The van der Waals surface area contributed by atoms with Gasteiger partial charge in [-0.25, -0.2) is 0 Å². The van der Waals surface area contributed by atoms with Gasteiger partial charge < -0.3 is 10.0 Å². The van der Waals surface area contributed by atoms with E-state index in [2.05, 4.69) is 41.3 Å². The minimum absolute atomic E-state index is 0.0647. The maximum Gasteiger partial charge on any atom is 0.0773 e. The predicted octanol–water partition coefficient (Wildman–Crippen LogP) is 2.78. The Balaban J connectivity index is 1.95. The summed E-state index contributed by atoms with van der Waals surface area (Å²) in [6.45, 7) is 1.14. The van der Waals surface area contributed by atoms with Crippen LogP contribution in [0.1, 0.15) is 17.2 Å². The fourth-order valence-corrected chi connectivity index (χ4v) is 2.75. The van der Waals surface area contributed by atoms with Crippen LogP contribution < -0.4 is 4.90 Å². The Kier molecular flexibility index (Phi) is 3.03. The summed E-state index contributed by atoms with van der Waals surface area (Å²) < 4.78 is 0. The van der Waals surface area contributed by atoms with E-state index in [9.17, 15) is 5.11 Å². The molecule has 1 N–H and O–H groups in total. The summed E-state index contributed by atoms with van der Waals surface area (Å²) in [5.74, 6) is 0. The lowest BCUT2D eigenvalue weighted by atomic mass is 10.1. The van der Waals surface area contributed by atoms with E-state index in [1.54, 1.807) is 0 Å². The largest absolute Gasteiger partial charge is 0.394 e. The van der Waals surface area contributed by atoms with Gasteiger partial charge in [0.25, 0.3) is 0 Å². The zero-order valence-corrected chi connectivity index (χ0v) is 10.3. The van der Waals surface area contributed by atoms with Crippen LogP contribution in [-0.4, -0.2) is 18.3 Å². The van der Waals surface area contributed by atoms with Crippen molar-refractivity contribution in [3.8, 4) is 0 Å². The molecule has 0 saturated carbocycles. The Labute approximate surface area is 107 Å². The van der Waals surface area contributed by atoms with Gasteiger partial charge in [-0.3, -0.25) is 0 Å². The topological polar surface area (TPSA) is 23.5 Å². The Morgan fingerprint density at radius 1 is 1.00 bits per heavy atom. The fourth-order valence-electron chi connectivity index (χ4n) is 2.75. The molecule has 0 radical (unpaired) electrons. The summed E-state index contributed by atoms with van der Waals surface area (Å²) in [4.78, 5) is 2.31. The number of anilines is 1. The molecular weight excluding hydrogens is 222 g/mol. The maximum absolute atomic E-state index is 9.72. The summed E-state index contributed by atoms with van der Waals surface area (Å²) >= 11 is 0. The van der Waals surface area contributed by atoms with E-state index in [0.29, 0.717) is 0 Å². The van der Waals surface area contributed by atoms with Crippen molar-refractivity contribution in [1.82, 2.24) is 0 Å². The molecule has 2 aromatic carbocycles. The summed E-state index contributed by atoms with van der Waals surface area (Å²) in [5.41, 5.74) is 3.82. The number of fused-ring (bicyclic) bond motifs is 1. The molecule has 0 amide bonds. The number of hydrogen-bond donors (Lipinski definition) is 1. The number of para-hydroxylation sites is 1. The summed E-state index contributed by atoms with van der Waals surface area (Å²) in [5, 5.41) is 9.72. The molecule has 3 rings (SSSR count).